The van der Waals surface area contributed by atoms with Crippen LogP contribution in [0.1, 0.15) is 10.6 Å². The molecule has 0 amide bonds. The Balaban J connectivity index is 1.86. The molecule has 0 aliphatic heterocycles. The predicted octanol–water partition coefficient (Wildman–Crippen LogP) is 4.29. The molecule has 0 radical (unpaired) electrons. The van der Waals surface area contributed by atoms with Crippen molar-refractivity contribution in [3.05, 3.63) is 52.3 Å². The number of aromatic nitrogens is 1. The van der Waals surface area contributed by atoms with E-state index < -0.39 is 10.0 Å². The van der Waals surface area contributed by atoms with Crippen molar-refractivity contribution in [2.24, 2.45) is 0 Å². The van der Waals surface area contributed by atoms with Crippen LogP contribution in [-0.4, -0.2) is 13.4 Å². The summed E-state index contributed by atoms with van der Waals surface area (Å²) in [4.78, 5) is 5.24. The van der Waals surface area contributed by atoms with Gasteiger partial charge in [0.2, 0.25) is 0 Å². The van der Waals surface area contributed by atoms with Crippen molar-refractivity contribution in [1.29, 1.82) is 0 Å². The zero-order valence-corrected chi connectivity index (χ0v) is 14.5. The number of thiophene rings is 1. The van der Waals surface area contributed by atoms with Gasteiger partial charge in [0.25, 0.3) is 10.0 Å². The fourth-order valence-corrected chi connectivity index (χ4v) is 4.92. The smallest absolute Gasteiger partial charge is 0.271 e. The minimum atomic E-state index is -3.56. The molecule has 0 saturated carbocycles. The molecule has 114 valence electrons. The van der Waals surface area contributed by atoms with E-state index >= 15 is 0 Å². The van der Waals surface area contributed by atoms with Gasteiger partial charge in [0, 0.05) is 11.1 Å². The summed E-state index contributed by atoms with van der Waals surface area (Å²) in [5.41, 5.74) is 2.47. The maximum Gasteiger partial charge on any atom is 0.271 e. The molecule has 3 aromatic rings. The minimum Gasteiger partial charge on any atom is -0.279 e. The standard InChI is InChI=1S/C15H14N2O2S3/c1-10-3-5-12(6-4-10)17-22(18,19)15-8-7-14(21-15)13-9-20-11(2)16-13/h3-9,17H,1-2H3. The molecular weight excluding hydrogens is 336 g/mol. The van der Waals surface area contributed by atoms with Crippen LogP contribution in [0.3, 0.4) is 0 Å². The maximum atomic E-state index is 12.4. The molecule has 1 N–H and O–H groups in total. The summed E-state index contributed by atoms with van der Waals surface area (Å²) in [6.45, 7) is 3.89. The number of nitrogens with zero attached hydrogens (tertiary/aromatic N) is 1. The summed E-state index contributed by atoms with van der Waals surface area (Å²) in [6.07, 6.45) is 0. The molecule has 1 aromatic carbocycles. The first kappa shape index (κ1) is 15.2. The first-order valence-corrected chi connectivity index (χ1v) is 9.74. The number of hydrogen-bond donors (Lipinski definition) is 1. The van der Waals surface area contributed by atoms with Gasteiger partial charge >= 0.3 is 0 Å². The first-order chi connectivity index (χ1) is 10.4. The fourth-order valence-electron chi connectivity index (χ4n) is 1.91. The Hall–Kier alpha value is -1.70. The molecule has 0 atom stereocenters. The lowest BCUT2D eigenvalue weighted by molar-refractivity contribution is 0.603. The van der Waals surface area contributed by atoms with E-state index in [1.807, 2.05) is 31.4 Å². The molecular formula is C15H14N2O2S3. The number of aryl methyl sites for hydroxylation is 2. The van der Waals surface area contributed by atoms with Gasteiger partial charge in [0.05, 0.1) is 15.6 Å². The van der Waals surface area contributed by atoms with Crippen LogP contribution in [0.25, 0.3) is 10.6 Å². The third-order valence-corrected chi connectivity index (χ3v) is 6.78. The van der Waals surface area contributed by atoms with Gasteiger partial charge in [0.15, 0.2) is 0 Å². The number of hydrogen-bond acceptors (Lipinski definition) is 5. The Morgan fingerprint density at radius 2 is 1.77 bits per heavy atom. The largest absolute Gasteiger partial charge is 0.279 e. The summed E-state index contributed by atoms with van der Waals surface area (Å²) in [5.74, 6) is 0. The number of sulfonamides is 1. The van der Waals surface area contributed by atoms with E-state index in [1.165, 1.54) is 11.3 Å². The van der Waals surface area contributed by atoms with Gasteiger partial charge in [-0.2, -0.15) is 0 Å². The van der Waals surface area contributed by atoms with Crippen LogP contribution in [0.15, 0.2) is 46.0 Å². The number of thiazole rings is 1. The maximum absolute atomic E-state index is 12.4. The van der Waals surface area contributed by atoms with E-state index in [9.17, 15) is 8.42 Å². The van der Waals surface area contributed by atoms with Crippen LogP contribution in [0.4, 0.5) is 5.69 Å². The number of nitrogens with one attached hydrogen (secondary N) is 1. The summed E-state index contributed by atoms with van der Waals surface area (Å²) in [5, 5.41) is 2.90. The molecule has 2 heterocycles. The predicted molar refractivity (Wildman–Crippen MR) is 92.2 cm³/mol. The Morgan fingerprint density at radius 1 is 1.05 bits per heavy atom. The van der Waals surface area contributed by atoms with Crippen LogP contribution >= 0.6 is 22.7 Å². The highest BCUT2D eigenvalue weighted by molar-refractivity contribution is 7.94. The van der Waals surface area contributed by atoms with Crippen molar-refractivity contribution in [2.45, 2.75) is 18.1 Å². The number of rotatable bonds is 4. The zero-order chi connectivity index (χ0) is 15.7. The molecule has 0 aliphatic carbocycles. The monoisotopic (exact) mass is 350 g/mol. The lowest BCUT2D eigenvalue weighted by Crippen LogP contribution is -2.11. The van der Waals surface area contributed by atoms with Gasteiger partial charge in [-0.25, -0.2) is 13.4 Å². The molecule has 3 rings (SSSR count). The molecule has 7 heteroatoms. The van der Waals surface area contributed by atoms with Gasteiger partial charge in [-0.1, -0.05) is 17.7 Å². The molecule has 0 saturated heterocycles. The van der Waals surface area contributed by atoms with Crippen LogP contribution in [0.2, 0.25) is 0 Å². The van der Waals surface area contributed by atoms with E-state index in [0.717, 1.165) is 21.1 Å². The van der Waals surface area contributed by atoms with E-state index in [1.54, 1.807) is 35.6 Å². The average molecular weight is 350 g/mol. The molecule has 0 aliphatic rings. The van der Waals surface area contributed by atoms with E-state index in [0.29, 0.717) is 5.69 Å². The van der Waals surface area contributed by atoms with Crippen molar-refractivity contribution < 1.29 is 8.42 Å². The highest BCUT2D eigenvalue weighted by Gasteiger charge is 2.18. The Bertz CT molecular complexity index is 893. The van der Waals surface area contributed by atoms with Crippen molar-refractivity contribution in [3.8, 4) is 10.6 Å². The molecule has 0 fully saturated rings. The van der Waals surface area contributed by atoms with Gasteiger partial charge in [-0.05, 0) is 38.1 Å². The Labute approximate surface area is 137 Å². The van der Waals surface area contributed by atoms with Gasteiger partial charge in [-0.3, -0.25) is 4.72 Å². The lowest BCUT2D eigenvalue weighted by Gasteiger charge is -2.06. The molecule has 2 aromatic heterocycles. The van der Waals surface area contributed by atoms with E-state index in [4.69, 9.17) is 0 Å². The van der Waals surface area contributed by atoms with Crippen LogP contribution in [0.5, 0.6) is 0 Å². The molecule has 0 bridgehead atoms. The quantitative estimate of drug-likeness (QED) is 0.763. The van der Waals surface area contributed by atoms with E-state index in [2.05, 4.69) is 9.71 Å². The Morgan fingerprint density at radius 3 is 2.41 bits per heavy atom. The SMILES string of the molecule is Cc1ccc(NS(=O)(=O)c2ccc(-c3csc(C)n3)s2)cc1. The number of anilines is 1. The third-order valence-electron chi connectivity index (χ3n) is 3.02. The van der Waals surface area contributed by atoms with Crippen LogP contribution < -0.4 is 4.72 Å². The second-order valence-electron chi connectivity index (χ2n) is 4.84. The topological polar surface area (TPSA) is 59.1 Å². The fraction of sp³-hybridized carbons (Fsp3) is 0.133. The highest BCUT2D eigenvalue weighted by Crippen LogP contribution is 2.32. The second-order valence-corrected chi connectivity index (χ2v) is 8.90. The van der Waals surface area contributed by atoms with Crippen molar-refractivity contribution in [3.63, 3.8) is 0 Å². The van der Waals surface area contributed by atoms with Gasteiger partial charge < -0.3 is 0 Å². The van der Waals surface area contributed by atoms with Crippen LogP contribution in [0, 0.1) is 13.8 Å². The summed E-state index contributed by atoms with van der Waals surface area (Å²) in [7, 11) is -3.56. The van der Waals surface area contributed by atoms with Gasteiger partial charge in [-0.15, -0.1) is 22.7 Å². The summed E-state index contributed by atoms with van der Waals surface area (Å²) >= 11 is 2.77. The van der Waals surface area contributed by atoms with Crippen molar-refractivity contribution >= 4 is 38.4 Å². The minimum absolute atomic E-state index is 0.286. The third kappa shape index (κ3) is 3.21. The zero-order valence-electron chi connectivity index (χ0n) is 12.0. The Kier molecular flexibility index (Phi) is 4.03. The lowest BCUT2D eigenvalue weighted by atomic mass is 10.2. The first-order valence-electron chi connectivity index (χ1n) is 6.56. The normalized spacial score (nSPS) is 11.5. The summed E-state index contributed by atoms with van der Waals surface area (Å²) < 4.78 is 27.7. The molecule has 22 heavy (non-hydrogen) atoms. The molecule has 4 nitrogen and oxygen atoms in total. The molecule has 0 unspecified atom stereocenters. The van der Waals surface area contributed by atoms with Crippen LogP contribution in [-0.2, 0) is 10.0 Å². The highest BCUT2D eigenvalue weighted by atomic mass is 32.2. The van der Waals surface area contributed by atoms with Gasteiger partial charge in [0.1, 0.15) is 4.21 Å². The van der Waals surface area contributed by atoms with Crippen molar-refractivity contribution in [2.75, 3.05) is 4.72 Å². The number of benzene rings is 1. The second kappa shape index (κ2) is 5.83. The average Bonchev–Trinajstić information content (AvgIpc) is 3.10. The van der Waals surface area contributed by atoms with E-state index in [-0.39, 0.29) is 4.21 Å². The summed E-state index contributed by atoms with van der Waals surface area (Å²) in [6, 6.07) is 10.7. The molecule has 0 spiro atoms. The van der Waals surface area contributed by atoms with Crippen molar-refractivity contribution in [1.82, 2.24) is 4.98 Å².